The Hall–Kier alpha value is -2.44. The molecule has 0 aliphatic rings. The second kappa shape index (κ2) is 13.2. The van der Waals surface area contributed by atoms with Gasteiger partial charge in [-0.1, -0.05) is 36.2 Å². The Labute approximate surface area is 199 Å². The largest absolute Gasteiger partial charge is 0.448 e. The van der Waals surface area contributed by atoms with Crippen LogP contribution in [-0.4, -0.2) is 38.8 Å². The lowest BCUT2D eigenvalue weighted by atomic mass is 10.2. The minimum atomic E-state index is -4.05. The van der Waals surface area contributed by atoms with Gasteiger partial charge in [0.25, 0.3) is 10.0 Å². The molecule has 2 aromatic carbocycles. The molecule has 0 saturated carbocycles. The lowest BCUT2D eigenvalue weighted by Gasteiger charge is -2.26. The molecule has 174 valence electrons. The molecule has 2 N–H and O–H groups in total. The van der Waals surface area contributed by atoms with Crippen LogP contribution >= 0.6 is 23.2 Å². The molecule has 0 saturated heterocycles. The van der Waals surface area contributed by atoms with E-state index in [1.165, 1.54) is 30.3 Å². The first-order valence-electron chi connectivity index (χ1n) is 9.63. The topological polar surface area (TPSA) is 95.9 Å². The molecule has 2 aromatic rings. The van der Waals surface area contributed by atoms with E-state index in [0.29, 0.717) is 15.6 Å². The molecule has 10 heteroatoms. The molecular formula is C22H26Cl2N2O5S. The summed E-state index contributed by atoms with van der Waals surface area (Å²) in [7, 11) is -4.05. The maximum Gasteiger partial charge on any atom is 0.407 e. The Bertz CT molecular complexity index is 1010. The van der Waals surface area contributed by atoms with Crippen molar-refractivity contribution in [3.05, 3.63) is 58.1 Å². The highest BCUT2D eigenvalue weighted by atomic mass is 35.5. The van der Waals surface area contributed by atoms with E-state index in [1.54, 1.807) is 12.1 Å². The zero-order chi connectivity index (χ0) is 24.3. The van der Waals surface area contributed by atoms with Crippen LogP contribution < -0.4 is 9.62 Å². The van der Waals surface area contributed by atoms with E-state index in [0.717, 1.165) is 10.7 Å². The molecule has 7 nitrogen and oxygen atoms in total. The van der Waals surface area contributed by atoms with Gasteiger partial charge in [0.15, 0.2) is 0 Å². The number of terminal acetylenes is 1. The van der Waals surface area contributed by atoms with E-state index in [2.05, 4.69) is 18.2 Å². The fourth-order valence-corrected chi connectivity index (χ4v) is 4.34. The number of carbonyl (C=O) groups excluding carboxylic acids is 1. The van der Waals surface area contributed by atoms with Crippen molar-refractivity contribution in [1.82, 2.24) is 5.32 Å². The summed E-state index contributed by atoms with van der Waals surface area (Å²) >= 11 is 12.0. The maximum absolute atomic E-state index is 13.3. The molecule has 1 atom stereocenters. The van der Waals surface area contributed by atoms with Crippen LogP contribution in [0.1, 0.15) is 25.8 Å². The smallest absolute Gasteiger partial charge is 0.407 e. The Kier molecular flexibility index (Phi) is 11.4. The number of halogens is 2. The lowest BCUT2D eigenvalue weighted by Crippen LogP contribution is -2.37. The lowest BCUT2D eigenvalue weighted by molar-refractivity contribution is 0.146. The summed E-state index contributed by atoms with van der Waals surface area (Å²) in [6.45, 7) is 2.98. The molecule has 1 amide bonds. The molecule has 0 aliphatic heterocycles. The van der Waals surface area contributed by atoms with Crippen LogP contribution in [0.2, 0.25) is 10.0 Å². The third-order valence-electron chi connectivity index (χ3n) is 4.39. The van der Waals surface area contributed by atoms with Crippen LogP contribution in [0.3, 0.4) is 0 Å². The predicted octanol–water partition coefficient (Wildman–Crippen LogP) is 4.46. The number of rotatable bonds is 9. The number of nitrogens with zero attached hydrogens (tertiary/aromatic N) is 1. The number of aliphatic hydroxyl groups excluding tert-OH is 1. The fraction of sp³-hybridized carbons (Fsp3) is 0.318. The molecule has 0 heterocycles. The van der Waals surface area contributed by atoms with Gasteiger partial charge in [-0.15, -0.1) is 12.8 Å². The Morgan fingerprint density at radius 2 is 1.75 bits per heavy atom. The number of alkyl carbamates (subject to hydrolysis) is 1. The molecule has 2 rings (SSSR count). The summed E-state index contributed by atoms with van der Waals surface area (Å²) in [5.41, 5.74) is 0.562. The number of ether oxygens (including phenoxy) is 1. The molecule has 1 unspecified atom stereocenters. The van der Waals surface area contributed by atoms with Gasteiger partial charge >= 0.3 is 6.09 Å². The molecule has 0 spiro atoms. The third kappa shape index (κ3) is 7.61. The van der Waals surface area contributed by atoms with Gasteiger partial charge in [-0.05, 0) is 49.7 Å². The second-order valence-corrected chi connectivity index (χ2v) is 9.29. The van der Waals surface area contributed by atoms with Crippen LogP contribution in [0.15, 0.2) is 47.4 Å². The van der Waals surface area contributed by atoms with Crippen LogP contribution in [-0.2, 0) is 21.4 Å². The van der Waals surface area contributed by atoms with E-state index in [-0.39, 0.29) is 29.8 Å². The van der Waals surface area contributed by atoms with Crippen molar-refractivity contribution in [2.45, 2.75) is 37.8 Å². The first kappa shape index (κ1) is 27.6. The summed E-state index contributed by atoms with van der Waals surface area (Å²) in [4.78, 5) is 11.9. The second-order valence-electron chi connectivity index (χ2n) is 6.55. The summed E-state index contributed by atoms with van der Waals surface area (Å²) in [6.07, 6.45) is 8.09. The van der Waals surface area contributed by atoms with E-state index in [4.69, 9.17) is 27.9 Å². The molecule has 0 aromatic heterocycles. The van der Waals surface area contributed by atoms with Crippen molar-refractivity contribution < 1.29 is 23.1 Å². The molecule has 0 bridgehead atoms. The van der Waals surface area contributed by atoms with Crippen LogP contribution in [0.4, 0.5) is 10.5 Å². The number of hydrogen-bond donors (Lipinski definition) is 2. The van der Waals surface area contributed by atoms with Gasteiger partial charge < -0.3 is 15.2 Å². The van der Waals surface area contributed by atoms with E-state index in [9.17, 15) is 18.3 Å². The number of sulfonamides is 1. The first-order chi connectivity index (χ1) is 15.2. The normalized spacial score (nSPS) is 11.6. The summed E-state index contributed by atoms with van der Waals surface area (Å²) < 4.78 is 32.9. The van der Waals surface area contributed by atoms with Gasteiger partial charge in [0.05, 0.1) is 23.7 Å². The van der Waals surface area contributed by atoms with Crippen LogP contribution in [0, 0.1) is 12.8 Å². The number of benzene rings is 2. The van der Waals surface area contributed by atoms with Crippen LogP contribution in [0.5, 0.6) is 0 Å². The summed E-state index contributed by atoms with van der Waals surface area (Å²) in [6, 6.07) is 10.2. The number of carbonyl (C=O) groups is 1. The summed E-state index contributed by atoms with van der Waals surface area (Å²) in [5, 5.41) is 13.0. The van der Waals surface area contributed by atoms with Gasteiger partial charge in [-0.3, -0.25) is 4.31 Å². The zero-order valence-corrected chi connectivity index (χ0v) is 20.1. The fourth-order valence-electron chi connectivity index (χ4n) is 2.57. The minimum Gasteiger partial charge on any atom is -0.448 e. The Morgan fingerprint density at radius 1 is 1.16 bits per heavy atom. The molecule has 32 heavy (non-hydrogen) atoms. The van der Waals surface area contributed by atoms with Crippen molar-refractivity contribution in [2.75, 3.05) is 17.5 Å². The van der Waals surface area contributed by atoms with Crippen molar-refractivity contribution in [2.24, 2.45) is 0 Å². The van der Waals surface area contributed by atoms with E-state index in [1.807, 2.05) is 13.8 Å². The Morgan fingerprint density at radius 3 is 2.31 bits per heavy atom. The molecular weight excluding hydrogens is 475 g/mol. The maximum atomic E-state index is 13.3. The van der Waals surface area contributed by atoms with Gasteiger partial charge in [0.1, 0.15) is 6.61 Å². The highest BCUT2D eigenvalue weighted by Gasteiger charge is 2.27. The average molecular weight is 501 g/mol. The van der Waals surface area contributed by atoms with Gasteiger partial charge in [0.2, 0.25) is 0 Å². The SMILES string of the molecule is C#C.CCC(C)NC(=O)OCCN(c1cc(Cl)ccc1CO)S(=O)(=O)c1ccc(Cl)cc1. The zero-order valence-electron chi connectivity index (χ0n) is 17.8. The summed E-state index contributed by atoms with van der Waals surface area (Å²) in [5.74, 6) is 0. The number of aliphatic hydroxyl groups is 1. The van der Waals surface area contributed by atoms with Gasteiger partial charge in [-0.2, -0.15) is 0 Å². The highest BCUT2D eigenvalue weighted by molar-refractivity contribution is 7.92. The van der Waals surface area contributed by atoms with Gasteiger partial charge in [0, 0.05) is 21.7 Å². The monoisotopic (exact) mass is 500 g/mol. The van der Waals surface area contributed by atoms with E-state index >= 15 is 0 Å². The Balaban J connectivity index is 0.00000249. The van der Waals surface area contributed by atoms with Crippen molar-refractivity contribution >= 4 is 45.0 Å². The van der Waals surface area contributed by atoms with Crippen molar-refractivity contribution in [3.63, 3.8) is 0 Å². The first-order valence-corrected chi connectivity index (χ1v) is 11.8. The molecule has 0 fully saturated rings. The highest BCUT2D eigenvalue weighted by Crippen LogP contribution is 2.30. The third-order valence-corrected chi connectivity index (χ3v) is 6.71. The number of nitrogens with one attached hydrogen (secondary N) is 1. The quantitative estimate of drug-likeness (QED) is 0.495. The van der Waals surface area contributed by atoms with E-state index < -0.39 is 22.7 Å². The van der Waals surface area contributed by atoms with Crippen molar-refractivity contribution in [3.8, 4) is 12.8 Å². The number of hydrogen-bond acceptors (Lipinski definition) is 5. The standard InChI is InChI=1S/C20H24Cl2N2O5S.C2H2/c1-3-14(2)23-20(26)29-11-10-24(19-12-17(22)5-4-15(19)13-25)30(27,28)18-8-6-16(21)7-9-18;1-2/h4-9,12,14,25H,3,10-11,13H2,1-2H3,(H,23,26);1-2H. The predicted molar refractivity (Wildman–Crippen MR) is 127 cm³/mol. The molecule has 0 aliphatic carbocycles. The van der Waals surface area contributed by atoms with Crippen LogP contribution in [0.25, 0.3) is 0 Å². The van der Waals surface area contributed by atoms with Crippen molar-refractivity contribution in [1.29, 1.82) is 0 Å². The average Bonchev–Trinajstić information content (AvgIpc) is 2.78. The minimum absolute atomic E-state index is 0.000165. The van der Waals surface area contributed by atoms with Gasteiger partial charge in [-0.25, -0.2) is 13.2 Å². The number of amides is 1. The molecule has 0 radical (unpaired) electrons. The number of anilines is 1.